The second kappa shape index (κ2) is 3.46. The lowest BCUT2D eigenvalue weighted by Gasteiger charge is -2.32. The van der Waals surface area contributed by atoms with Crippen molar-refractivity contribution in [3.8, 4) is 5.75 Å². The minimum absolute atomic E-state index is 0.382. The molecule has 2 rings (SSSR count). The highest BCUT2D eigenvalue weighted by Crippen LogP contribution is 2.35. The van der Waals surface area contributed by atoms with Gasteiger partial charge in [-0.1, -0.05) is 12.1 Å². The zero-order chi connectivity index (χ0) is 11.0. The fourth-order valence-electron chi connectivity index (χ4n) is 1.88. The number of para-hydroxylation sites is 1. The third-order valence-corrected chi connectivity index (χ3v) is 2.57. The van der Waals surface area contributed by atoms with E-state index in [2.05, 4.69) is 0 Å². The molecule has 1 aliphatic rings. The number of benzene rings is 1. The molecule has 0 saturated carbocycles. The molecular weight excluding hydrogens is 194 g/mol. The molecule has 1 aliphatic heterocycles. The summed E-state index contributed by atoms with van der Waals surface area (Å²) >= 11 is 0. The molecule has 1 N–H and O–H groups in total. The van der Waals surface area contributed by atoms with E-state index in [1.54, 1.807) is 6.07 Å². The van der Waals surface area contributed by atoms with Crippen LogP contribution in [-0.2, 0) is 4.79 Å². The Morgan fingerprint density at radius 2 is 2.33 bits per heavy atom. The number of carbonyl (C=O) groups is 1. The van der Waals surface area contributed by atoms with Crippen LogP contribution in [-0.4, -0.2) is 30.8 Å². The second-order valence-corrected chi connectivity index (χ2v) is 3.75. The maximum Gasteiger partial charge on any atom is 0.346 e. The number of fused-ring (bicyclic) bond motifs is 1. The van der Waals surface area contributed by atoms with Gasteiger partial charge in [-0.15, -0.1) is 0 Å². The lowest BCUT2D eigenvalue weighted by atomic mass is 10.1. The average Bonchev–Trinajstić information content (AvgIpc) is 2.17. The predicted molar refractivity (Wildman–Crippen MR) is 56.5 cm³/mol. The van der Waals surface area contributed by atoms with Crippen LogP contribution in [0.25, 0.3) is 0 Å². The van der Waals surface area contributed by atoms with Crippen LogP contribution in [0.4, 0.5) is 5.69 Å². The van der Waals surface area contributed by atoms with Gasteiger partial charge in [0.15, 0.2) is 0 Å². The van der Waals surface area contributed by atoms with Crippen molar-refractivity contribution in [3.63, 3.8) is 0 Å². The molecule has 0 aromatic heterocycles. The van der Waals surface area contributed by atoms with Crippen LogP contribution in [0.1, 0.15) is 5.56 Å². The van der Waals surface area contributed by atoms with Crippen molar-refractivity contribution in [2.75, 3.05) is 18.5 Å². The zero-order valence-electron chi connectivity index (χ0n) is 8.73. The van der Waals surface area contributed by atoms with Crippen molar-refractivity contribution in [1.82, 2.24) is 0 Å². The lowest BCUT2D eigenvalue weighted by molar-refractivity contribution is -0.144. The molecule has 1 aromatic rings. The van der Waals surface area contributed by atoms with E-state index < -0.39 is 12.1 Å². The second-order valence-electron chi connectivity index (χ2n) is 3.75. The van der Waals surface area contributed by atoms with Crippen LogP contribution in [0.15, 0.2) is 18.2 Å². The number of aliphatic carboxylic acids is 1. The Bertz CT molecular complexity index is 403. The number of carboxylic acids is 1. The highest BCUT2D eigenvalue weighted by atomic mass is 16.5. The summed E-state index contributed by atoms with van der Waals surface area (Å²) in [5.41, 5.74) is 2.08. The molecule has 80 valence electrons. The van der Waals surface area contributed by atoms with Crippen molar-refractivity contribution < 1.29 is 14.6 Å². The molecule has 1 unspecified atom stereocenters. The van der Waals surface area contributed by atoms with Crippen LogP contribution in [0, 0.1) is 6.92 Å². The normalized spacial score (nSPS) is 19.3. The van der Waals surface area contributed by atoms with Crippen molar-refractivity contribution in [1.29, 1.82) is 0 Å². The molecule has 15 heavy (non-hydrogen) atoms. The number of ether oxygens (including phenoxy) is 1. The summed E-state index contributed by atoms with van der Waals surface area (Å²) in [4.78, 5) is 12.8. The Morgan fingerprint density at radius 1 is 1.60 bits per heavy atom. The van der Waals surface area contributed by atoms with E-state index in [1.807, 2.05) is 31.0 Å². The number of nitrogens with zero attached hydrogens (tertiary/aromatic N) is 1. The molecule has 0 fully saturated rings. The molecule has 4 nitrogen and oxygen atoms in total. The van der Waals surface area contributed by atoms with Gasteiger partial charge in [0.1, 0.15) is 5.75 Å². The number of hydrogen-bond acceptors (Lipinski definition) is 3. The first-order valence-corrected chi connectivity index (χ1v) is 4.80. The molecule has 1 heterocycles. The Labute approximate surface area is 88.1 Å². The van der Waals surface area contributed by atoms with E-state index in [0.29, 0.717) is 12.3 Å². The van der Waals surface area contributed by atoms with Gasteiger partial charge in [0, 0.05) is 7.05 Å². The first-order valence-electron chi connectivity index (χ1n) is 4.80. The smallest absolute Gasteiger partial charge is 0.346 e. The van der Waals surface area contributed by atoms with Gasteiger partial charge in [0.05, 0.1) is 12.2 Å². The van der Waals surface area contributed by atoms with E-state index in [9.17, 15) is 4.79 Å². The van der Waals surface area contributed by atoms with E-state index >= 15 is 0 Å². The molecule has 0 radical (unpaired) electrons. The monoisotopic (exact) mass is 207 g/mol. The van der Waals surface area contributed by atoms with Gasteiger partial charge in [-0.25, -0.2) is 4.79 Å². The number of rotatable bonds is 1. The molecule has 4 heteroatoms. The van der Waals surface area contributed by atoms with E-state index in [-0.39, 0.29) is 0 Å². The molecule has 0 spiro atoms. The summed E-state index contributed by atoms with van der Waals surface area (Å²) in [5, 5.41) is 8.90. The Hall–Kier alpha value is -1.71. The summed E-state index contributed by atoms with van der Waals surface area (Å²) in [6.07, 6.45) is -0.774. The largest absolute Gasteiger partial charge is 0.478 e. The maximum absolute atomic E-state index is 10.8. The quantitative estimate of drug-likeness (QED) is 0.753. The average molecular weight is 207 g/mol. The molecule has 0 bridgehead atoms. The van der Waals surface area contributed by atoms with Gasteiger partial charge < -0.3 is 14.7 Å². The molecule has 0 aliphatic carbocycles. The third kappa shape index (κ3) is 1.63. The Balaban J connectivity index is 2.40. The lowest BCUT2D eigenvalue weighted by Crippen LogP contribution is -2.42. The first-order chi connectivity index (χ1) is 7.09. The number of hydrogen-bond donors (Lipinski definition) is 1. The number of anilines is 1. The summed E-state index contributed by atoms with van der Waals surface area (Å²) in [6.45, 7) is 2.37. The minimum Gasteiger partial charge on any atom is -0.478 e. The van der Waals surface area contributed by atoms with Gasteiger partial charge in [0.2, 0.25) is 6.10 Å². The summed E-state index contributed by atoms with van der Waals surface area (Å²) in [7, 11) is 1.88. The predicted octanol–water partition coefficient (Wildman–Crippen LogP) is 1.28. The van der Waals surface area contributed by atoms with Gasteiger partial charge in [-0.3, -0.25) is 0 Å². The van der Waals surface area contributed by atoms with Gasteiger partial charge in [0.25, 0.3) is 0 Å². The highest BCUT2D eigenvalue weighted by molar-refractivity contribution is 5.77. The van der Waals surface area contributed by atoms with Crippen LogP contribution in [0.5, 0.6) is 5.75 Å². The zero-order valence-corrected chi connectivity index (χ0v) is 8.73. The van der Waals surface area contributed by atoms with Crippen LogP contribution in [0.2, 0.25) is 0 Å². The van der Waals surface area contributed by atoms with Crippen LogP contribution >= 0.6 is 0 Å². The topological polar surface area (TPSA) is 49.8 Å². The van der Waals surface area contributed by atoms with Gasteiger partial charge in [-0.2, -0.15) is 0 Å². The third-order valence-electron chi connectivity index (χ3n) is 2.57. The van der Waals surface area contributed by atoms with Crippen molar-refractivity contribution >= 4 is 11.7 Å². The molecule has 1 aromatic carbocycles. The minimum atomic E-state index is -0.922. The molecule has 0 saturated heterocycles. The Morgan fingerprint density at radius 3 is 3.00 bits per heavy atom. The van der Waals surface area contributed by atoms with E-state index in [0.717, 1.165) is 11.3 Å². The summed E-state index contributed by atoms with van der Waals surface area (Å²) in [6, 6.07) is 5.65. The molecule has 1 atom stereocenters. The van der Waals surface area contributed by atoms with E-state index in [1.165, 1.54) is 0 Å². The fraction of sp³-hybridized carbons (Fsp3) is 0.364. The number of carboxylic acid groups (broad SMARTS) is 1. The standard InChI is InChI=1S/C11H13NO3/c1-7-4-3-5-8-10(7)12(2)6-9(15-8)11(13)14/h3-5,9H,6H2,1-2H3,(H,13,14). The summed E-state index contributed by atoms with van der Waals surface area (Å²) < 4.78 is 5.40. The summed E-state index contributed by atoms with van der Waals surface area (Å²) in [5.74, 6) is -0.273. The number of likely N-dealkylation sites (N-methyl/N-ethyl adjacent to an activating group) is 1. The Kier molecular flexibility index (Phi) is 2.26. The van der Waals surface area contributed by atoms with Gasteiger partial charge in [-0.05, 0) is 18.6 Å². The molecular formula is C11H13NO3. The highest BCUT2D eigenvalue weighted by Gasteiger charge is 2.29. The maximum atomic E-state index is 10.8. The SMILES string of the molecule is Cc1cccc2c1N(C)CC(C(=O)O)O2. The van der Waals surface area contributed by atoms with E-state index in [4.69, 9.17) is 9.84 Å². The fourth-order valence-corrected chi connectivity index (χ4v) is 1.88. The first kappa shape index (κ1) is 9.83. The van der Waals surface area contributed by atoms with Crippen molar-refractivity contribution in [2.45, 2.75) is 13.0 Å². The van der Waals surface area contributed by atoms with Crippen LogP contribution < -0.4 is 9.64 Å². The van der Waals surface area contributed by atoms with Gasteiger partial charge >= 0.3 is 5.97 Å². The molecule has 0 amide bonds. The van der Waals surface area contributed by atoms with Crippen molar-refractivity contribution in [3.05, 3.63) is 23.8 Å². The van der Waals surface area contributed by atoms with Crippen LogP contribution in [0.3, 0.4) is 0 Å². The van der Waals surface area contributed by atoms with Crippen molar-refractivity contribution in [2.24, 2.45) is 0 Å². The number of aryl methyl sites for hydroxylation is 1.